The number of benzene rings is 1. The van der Waals surface area contributed by atoms with Crippen LogP contribution in [0.1, 0.15) is 44.7 Å². The third-order valence-corrected chi connectivity index (χ3v) is 4.96. The molecule has 1 fully saturated rings. The Kier molecular flexibility index (Phi) is 4.23. The molecule has 116 valence electrons. The number of fused-ring (bicyclic) bond motifs is 1. The zero-order valence-electron chi connectivity index (χ0n) is 13.6. The molecule has 0 amide bonds. The van der Waals surface area contributed by atoms with Gasteiger partial charge in [0.25, 0.3) is 0 Å². The fraction of sp³-hybridized carbons (Fsp3) is 0.667. The molecule has 2 heterocycles. The van der Waals surface area contributed by atoms with Crippen LogP contribution in [0.5, 0.6) is 5.75 Å². The van der Waals surface area contributed by atoms with E-state index in [1.165, 1.54) is 30.5 Å². The molecule has 3 rings (SSSR count). The summed E-state index contributed by atoms with van der Waals surface area (Å²) >= 11 is 0. The molecular formula is C18H28N2O. The predicted octanol–water partition coefficient (Wildman–Crippen LogP) is 3.18. The van der Waals surface area contributed by atoms with Crippen molar-refractivity contribution in [3.8, 4) is 5.75 Å². The van der Waals surface area contributed by atoms with E-state index in [1.807, 2.05) is 0 Å². The summed E-state index contributed by atoms with van der Waals surface area (Å²) in [6.45, 7) is 12.1. The van der Waals surface area contributed by atoms with Gasteiger partial charge in [0.05, 0.1) is 6.61 Å². The summed E-state index contributed by atoms with van der Waals surface area (Å²) in [5.41, 5.74) is 3.03. The Hall–Kier alpha value is -1.06. The first kappa shape index (κ1) is 14.9. The summed E-state index contributed by atoms with van der Waals surface area (Å²) in [5.74, 6) is 1.08. The molecule has 3 heteroatoms. The van der Waals surface area contributed by atoms with Gasteiger partial charge in [-0.3, -0.25) is 0 Å². The number of ether oxygens (including phenoxy) is 1. The first-order valence-corrected chi connectivity index (χ1v) is 8.26. The highest BCUT2D eigenvalue weighted by Crippen LogP contribution is 2.33. The Balaban J connectivity index is 1.66. The summed E-state index contributed by atoms with van der Waals surface area (Å²) in [7, 11) is 0. The summed E-state index contributed by atoms with van der Waals surface area (Å²) in [6, 6.07) is 7.07. The van der Waals surface area contributed by atoms with E-state index in [9.17, 15) is 0 Å². The molecule has 0 saturated carbocycles. The van der Waals surface area contributed by atoms with Gasteiger partial charge >= 0.3 is 0 Å². The van der Waals surface area contributed by atoms with E-state index < -0.39 is 0 Å². The average molecular weight is 288 g/mol. The van der Waals surface area contributed by atoms with E-state index in [2.05, 4.69) is 49.2 Å². The Bertz CT molecular complexity index is 500. The van der Waals surface area contributed by atoms with Crippen LogP contribution in [0.4, 0.5) is 0 Å². The van der Waals surface area contributed by atoms with Gasteiger partial charge in [0.1, 0.15) is 5.75 Å². The maximum atomic E-state index is 6.25. The molecule has 2 aliphatic rings. The van der Waals surface area contributed by atoms with Gasteiger partial charge in [0.15, 0.2) is 0 Å². The van der Waals surface area contributed by atoms with Gasteiger partial charge in [0.2, 0.25) is 0 Å². The van der Waals surface area contributed by atoms with Crippen LogP contribution >= 0.6 is 0 Å². The number of nitrogens with one attached hydrogen (secondary N) is 1. The molecule has 1 aromatic rings. The van der Waals surface area contributed by atoms with E-state index in [-0.39, 0.29) is 5.41 Å². The van der Waals surface area contributed by atoms with E-state index in [1.54, 1.807) is 0 Å². The second kappa shape index (κ2) is 5.98. The molecule has 1 N–H and O–H groups in total. The molecule has 1 aromatic carbocycles. The number of nitrogens with zero attached hydrogens (tertiary/aromatic N) is 1. The quantitative estimate of drug-likeness (QED) is 0.921. The normalized spacial score (nSPS) is 26.1. The second-order valence-electron chi connectivity index (χ2n) is 7.26. The van der Waals surface area contributed by atoms with Gasteiger partial charge in [0, 0.05) is 36.7 Å². The summed E-state index contributed by atoms with van der Waals surface area (Å²) in [6.07, 6.45) is 2.55. The Morgan fingerprint density at radius 3 is 3.00 bits per heavy atom. The molecule has 0 spiro atoms. The van der Waals surface area contributed by atoms with Crippen LogP contribution in [0, 0.1) is 5.41 Å². The third-order valence-electron chi connectivity index (χ3n) is 4.96. The lowest BCUT2D eigenvalue weighted by molar-refractivity contribution is 0.0402. The second-order valence-corrected chi connectivity index (χ2v) is 7.26. The highest BCUT2D eigenvalue weighted by Gasteiger charge is 2.33. The van der Waals surface area contributed by atoms with Crippen molar-refractivity contribution < 1.29 is 4.74 Å². The van der Waals surface area contributed by atoms with Crippen molar-refractivity contribution >= 4 is 0 Å². The maximum Gasteiger partial charge on any atom is 0.124 e. The van der Waals surface area contributed by atoms with Gasteiger partial charge < -0.3 is 15.0 Å². The van der Waals surface area contributed by atoms with Gasteiger partial charge in [-0.15, -0.1) is 0 Å². The van der Waals surface area contributed by atoms with Crippen molar-refractivity contribution in [3.63, 3.8) is 0 Å². The summed E-state index contributed by atoms with van der Waals surface area (Å²) in [5, 5.41) is 3.41. The predicted molar refractivity (Wildman–Crippen MR) is 86.5 cm³/mol. The molecule has 0 aliphatic carbocycles. The third kappa shape index (κ3) is 3.24. The number of hydrogen-bond donors (Lipinski definition) is 1. The number of piperidine rings is 1. The highest BCUT2D eigenvalue weighted by atomic mass is 16.5. The van der Waals surface area contributed by atoms with Crippen molar-refractivity contribution in [1.29, 1.82) is 0 Å². The molecular weight excluding hydrogens is 260 g/mol. The van der Waals surface area contributed by atoms with Crippen LogP contribution in [0.25, 0.3) is 0 Å². The topological polar surface area (TPSA) is 24.5 Å². The molecule has 1 unspecified atom stereocenters. The van der Waals surface area contributed by atoms with E-state index in [0.717, 1.165) is 32.0 Å². The van der Waals surface area contributed by atoms with Crippen LogP contribution in [-0.2, 0) is 13.1 Å². The molecule has 0 bridgehead atoms. The monoisotopic (exact) mass is 288 g/mol. The van der Waals surface area contributed by atoms with E-state index in [4.69, 9.17) is 4.74 Å². The molecule has 0 radical (unpaired) electrons. The standard InChI is InChI=1S/C18H28N2O/c1-14(2)20-9-5-8-18(3,12-20)13-21-17-7-4-6-15-10-19-11-16(15)17/h4,6-7,14,19H,5,8-13H2,1-3H3. The smallest absolute Gasteiger partial charge is 0.124 e. The Morgan fingerprint density at radius 1 is 1.33 bits per heavy atom. The zero-order valence-corrected chi connectivity index (χ0v) is 13.6. The van der Waals surface area contributed by atoms with Crippen molar-refractivity contribution in [2.45, 2.75) is 52.7 Å². The van der Waals surface area contributed by atoms with Crippen LogP contribution in [0.2, 0.25) is 0 Å². The largest absolute Gasteiger partial charge is 0.493 e. The van der Waals surface area contributed by atoms with Gasteiger partial charge in [-0.2, -0.15) is 0 Å². The number of hydrogen-bond acceptors (Lipinski definition) is 3. The zero-order chi connectivity index (χ0) is 14.9. The minimum atomic E-state index is 0.275. The maximum absolute atomic E-state index is 6.25. The lowest BCUT2D eigenvalue weighted by Crippen LogP contribution is -2.47. The molecule has 21 heavy (non-hydrogen) atoms. The van der Waals surface area contributed by atoms with Crippen LogP contribution < -0.4 is 10.1 Å². The SMILES string of the molecule is CC(C)N1CCCC(C)(COc2cccc3c2CNC3)C1. The lowest BCUT2D eigenvalue weighted by atomic mass is 9.82. The fourth-order valence-electron chi connectivity index (χ4n) is 3.60. The highest BCUT2D eigenvalue weighted by molar-refractivity contribution is 5.42. The molecule has 3 nitrogen and oxygen atoms in total. The minimum absolute atomic E-state index is 0.275. The molecule has 2 aliphatic heterocycles. The molecule has 1 saturated heterocycles. The van der Waals surface area contributed by atoms with Gasteiger partial charge in [-0.05, 0) is 44.9 Å². The van der Waals surface area contributed by atoms with Crippen molar-refractivity contribution in [3.05, 3.63) is 29.3 Å². The Labute approximate surface area is 128 Å². The lowest BCUT2D eigenvalue weighted by Gasteiger charge is -2.42. The minimum Gasteiger partial charge on any atom is -0.493 e. The summed E-state index contributed by atoms with van der Waals surface area (Å²) < 4.78 is 6.25. The average Bonchev–Trinajstić information content (AvgIpc) is 2.94. The van der Waals surface area contributed by atoms with Crippen molar-refractivity contribution in [2.75, 3.05) is 19.7 Å². The van der Waals surface area contributed by atoms with Crippen molar-refractivity contribution in [1.82, 2.24) is 10.2 Å². The van der Waals surface area contributed by atoms with E-state index in [0.29, 0.717) is 6.04 Å². The van der Waals surface area contributed by atoms with Gasteiger partial charge in [-0.1, -0.05) is 19.1 Å². The van der Waals surface area contributed by atoms with E-state index >= 15 is 0 Å². The molecule has 0 aromatic heterocycles. The first-order valence-electron chi connectivity index (χ1n) is 8.26. The molecule has 1 atom stereocenters. The van der Waals surface area contributed by atoms with Gasteiger partial charge in [-0.25, -0.2) is 0 Å². The first-order chi connectivity index (χ1) is 10.1. The Morgan fingerprint density at radius 2 is 2.19 bits per heavy atom. The van der Waals surface area contributed by atoms with Crippen LogP contribution in [0.3, 0.4) is 0 Å². The number of rotatable bonds is 4. The number of likely N-dealkylation sites (tertiary alicyclic amines) is 1. The van der Waals surface area contributed by atoms with Crippen LogP contribution in [-0.4, -0.2) is 30.6 Å². The van der Waals surface area contributed by atoms with Crippen molar-refractivity contribution in [2.24, 2.45) is 5.41 Å². The summed E-state index contributed by atoms with van der Waals surface area (Å²) in [4.78, 5) is 2.59. The van der Waals surface area contributed by atoms with Crippen LogP contribution in [0.15, 0.2) is 18.2 Å². The fourth-order valence-corrected chi connectivity index (χ4v) is 3.60.